The lowest BCUT2D eigenvalue weighted by molar-refractivity contribution is -0.134. The molecule has 1 atom stereocenters. The monoisotopic (exact) mass is 515 g/mol. The van der Waals surface area contributed by atoms with Crippen LogP contribution in [0.15, 0.2) is 42.5 Å². The van der Waals surface area contributed by atoms with Crippen LogP contribution in [0.4, 0.5) is 5.69 Å². The van der Waals surface area contributed by atoms with Crippen molar-refractivity contribution in [3.63, 3.8) is 0 Å². The molecule has 190 valence electrons. The van der Waals surface area contributed by atoms with Crippen molar-refractivity contribution in [3.05, 3.63) is 63.6 Å². The normalized spacial score (nSPS) is 20.3. The fourth-order valence-corrected chi connectivity index (χ4v) is 5.87. The molecule has 0 unspecified atom stereocenters. The van der Waals surface area contributed by atoms with E-state index >= 15 is 0 Å². The molecule has 0 radical (unpaired) electrons. The Labute approximate surface area is 221 Å². The number of anilines is 1. The molecule has 0 N–H and O–H groups in total. The number of piperidine rings is 1. The van der Waals surface area contributed by atoms with Gasteiger partial charge in [-0.15, -0.1) is 0 Å². The van der Waals surface area contributed by atoms with E-state index in [-0.39, 0.29) is 11.5 Å². The van der Waals surface area contributed by atoms with Crippen molar-refractivity contribution in [1.82, 2.24) is 9.80 Å². The Kier molecular flexibility index (Phi) is 8.35. The fraction of sp³-hybridized carbons (Fsp3) is 0.552. The molecule has 0 spiro atoms. The molecule has 6 heteroatoms. The van der Waals surface area contributed by atoms with Crippen molar-refractivity contribution in [2.75, 3.05) is 44.2 Å². The van der Waals surface area contributed by atoms with Gasteiger partial charge in [-0.2, -0.15) is 0 Å². The highest BCUT2D eigenvalue weighted by Crippen LogP contribution is 2.36. The summed E-state index contributed by atoms with van der Waals surface area (Å²) in [6.45, 7) is 14.2. The maximum absolute atomic E-state index is 12.6. The Morgan fingerprint density at radius 3 is 2.29 bits per heavy atom. The molecule has 0 aromatic heterocycles. The third-order valence-corrected chi connectivity index (χ3v) is 7.85. The summed E-state index contributed by atoms with van der Waals surface area (Å²) in [5.41, 5.74) is 3.58. The molecule has 2 aliphatic rings. The van der Waals surface area contributed by atoms with E-state index in [4.69, 9.17) is 23.2 Å². The van der Waals surface area contributed by atoms with Crippen LogP contribution >= 0.6 is 23.2 Å². The van der Waals surface area contributed by atoms with Crippen molar-refractivity contribution in [1.29, 1.82) is 0 Å². The summed E-state index contributed by atoms with van der Waals surface area (Å²) in [5.74, 6) is 0.941. The number of hydrogen-bond acceptors (Lipinski definition) is 3. The number of rotatable bonds is 5. The molecule has 4 rings (SSSR count). The predicted octanol–water partition coefficient (Wildman–Crippen LogP) is 6.84. The number of hydrogen-bond donors (Lipinski definition) is 0. The van der Waals surface area contributed by atoms with E-state index in [0.29, 0.717) is 18.2 Å². The van der Waals surface area contributed by atoms with Gasteiger partial charge in [-0.1, -0.05) is 62.2 Å². The van der Waals surface area contributed by atoms with Crippen molar-refractivity contribution in [2.24, 2.45) is 11.3 Å². The number of piperazine rings is 1. The van der Waals surface area contributed by atoms with Crippen LogP contribution in [0.5, 0.6) is 0 Å². The summed E-state index contributed by atoms with van der Waals surface area (Å²) in [7, 11) is 0. The largest absolute Gasteiger partial charge is 0.361 e. The van der Waals surface area contributed by atoms with E-state index < -0.39 is 0 Å². The molecular formula is C29H39Cl2N3O. The minimum Gasteiger partial charge on any atom is -0.361 e. The van der Waals surface area contributed by atoms with Gasteiger partial charge in [-0.3, -0.25) is 9.69 Å². The number of nitrogens with zero attached hydrogens (tertiary/aromatic N) is 3. The average Bonchev–Trinajstić information content (AvgIpc) is 2.79. The van der Waals surface area contributed by atoms with Crippen LogP contribution in [-0.4, -0.2) is 55.0 Å². The summed E-state index contributed by atoms with van der Waals surface area (Å²) >= 11 is 12.9. The van der Waals surface area contributed by atoms with Gasteiger partial charge in [-0.25, -0.2) is 0 Å². The van der Waals surface area contributed by atoms with Gasteiger partial charge in [0.25, 0.3) is 0 Å². The number of likely N-dealkylation sites (tertiary alicyclic amines) is 1. The highest BCUT2D eigenvalue weighted by atomic mass is 35.5. The second-order valence-electron chi connectivity index (χ2n) is 11.5. The van der Waals surface area contributed by atoms with Gasteiger partial charge in [0.05, 0.1) is 16.8 Å². The first kappa shape index (κ1) is 26.3. The summed E-state index contributed by atoms with van der Waals surface area (Å²) in [6.07, 6.45) is 2.81. The molecule has 2 aromatic carbocycles. The van der Waals surface area contributed by atoms with Gasteiger partial charge in [0.1, 0.15) is 0 Å². The summed E-state index contributed by atoms with van der Waals surface area (Å²) in [6, 6.07) is 14.8. The zero-order valence-corrected chi connectivity index (χ0v) is 23.1. The molecule has 0 aliphatic carbocycles. The van der Waals surface area contributed by atoms with Gasteiger partial charge in [0, 0.05) is 50.7 Å². The summed E-state index contributed by atoms with van der Waals surface area (Å²) < 4.78 is 0. The van der Waals surface area contributed by atoms with Crippen LogP contribution in [-0.2, 0) is 4.79 Å². The Bertz CT molecular complexity index is 1010. The number of amides is 1. The molecule has 2 aliphatic heterocycles. The van der Waals surface area contributed by atoms with E-state index in [2.05, 4.69) is 72.7 Å². The van der Waals surface area contributed by atoms with Crippen molar-refractivity contribution in [3.8, 4) is 0 Å². The van der Waals surface area contributed by atoms with Crippen molar-refractivity contribution >= 4 is 34.8 Å². The molecule has 0 bridgehead atoms. The van der Waals surface area contributed by atoms with E-state index in [0.717, 1.165) is 67.8 Å². The minimum absolute atomic E-state index is 0.0463. The van der Waals surface area contributed by atoms with Crippen LogP contribution in [0.3, 0.4) is 0 Å². The smallest absolute Gasteiger partial charge is 0.223 e. The molecule has 0 saturated carbocycles. The average molecular weight is 517 g/mol. The van der Waals surface area contributed by atoms with Gasteiger partial charge >= 0.3 is 0 Å². The number of carbonyl (C=O) groups is 1. The molecule has 1 amide bonds. The Hall–Kier alpha value is -1.75. The third-order valence-electron chi connectivity index (χ3n) is 7.30. The second kappa shape index (κ2) is 11.1. The number of aryl methyl sites for hydroxylation is 1. The predicted molar refractivity (Wildman–Crippen MR) is 148 cm³/mol. The zero-order valence-electron chi connectivity index (χ0n) is 21.6. The molecule has 35 heavy (non-hydrogen) atoms. The molecule has 4 nitrogen and oxygen atoms in total. The first-order valence-electron chi connectivity index (χ1n) is 12.9. The van der Waals surface area contributed by atoms with Gasteiger partial charge in [-0.05, 0) is 66.5 Å². The Morgan fingerprint density at radius 1 is 0.971 bits per heavy atom. The minimum atomic E-state index is 0.0463. The molecule has 2 saturated heterocycles. The number of carbonyl (C=O) groups excluding carboxylic acids is 1. The van der Waals surface area contributed by atoms with E-state index in [9.17, 15) is 4.79 Å². The van der Waals surface area contributed by atoms with Crippen LogP contribution < -0.4 is 4.90 Å². The lowest BCUT2D eigenvalue weighted by Crippen LogP contribution is -2.51. The van der Waals surface area contributed by atoms with E-state index in [1.165, 1.54) is 11.1 Å². The first-order chi connectivity index (χ1) is 16.6. The topological polar surface area (TPSA) is 26.8 Å². The molecular weight excluding hydrogens is 477 g/mol. The lowest BCUT2D eigenvalue weighted by Gasteiger charge is -2.45. The van der Waals surface area contributed by atoms with Gasteiger partial charge in [0.15, 0.2) is 0 Å². The van der Waals surface area contributed by atoms with Crippen LogP contribution in [0.2, 0.25) is 10.0 Å². The molecule has 2 aromatic rings. The van der Waals surface area contributed by atoms with Gasteiger partial charge in [0.2, 0.25) is 5.91 Å². The third kappa shape index (κ3) is 6.93. The van der Waals surface area contributed by atoms with Crippen molar-refractivity contribution in [2.45, 2.75) is 53.0 Å². The lowest BCUT2D eigenvalue weighted by atomic mass is 9.90. The first-order valence-corrected chi connectivity index (χ1v) is 13.6. The maximum Gasteiger partial charge on any atom is 0.223 e. The Balaban J connectivity index is 1.42. The number of benzene rings is 2. The van der Waals surface area contributed by atoms with Crippen molar-refractivity contribution < 1.29 is 4.79 Å². The zero-order chi connectivity index (χ0) is 25.2. The summed E-state index contributed by atoms with van der Waals surface area (Å²) in [4.78, 5) is 19.8. The number of halogens is 2. The second-order valence-corrected chi connectivity index (χ2v) is 12.4. The van der Waals surface area contributed by atoms with Crippen LogP contribution in [0.25, 0.3) is 0 Å². The standard InChI is InChI=1S/C29H39Cl2N3O/c1-21-5-10-26(25(31)17-21)34-16-15-32(20-27(34)23-6-8-24(30)9-7-23)19-22-11-13-33(14-12-22)28(35)18-29(2,3)4/h5-10,17,22,27H,11-16,18-20H2,1-4H3/t27-/m0/s1. The van der Waals surface area contributed by atoms with Crippen LogP contribution in [0, 0.1) is 18.3 Å². The Morgan fingerprint density at radius 2 is 1.66 bits per heavy atom. The molecule has 2 fully saturated rings. The summed E-state index contributed by atoms with van der Waals surface area (Å²) in [5, 5.41) is 1.57. The fourth-order valence-electron chi connectivity index (χ4n) is 5.40. The SMILES string of the molecule is Cc1ccc(N2CCN(CC3CCN(C(=O)CC(C)(C)C)CC3)C[C@H]2c2ccc(Cl)cc2)c(Cl)c1. The van der Waals surface area contributed by atoms with Gasteiger partial charge < -0.3 is 9.80 Å². The van der Waals surface area contributed by atoms with E-state index in [1.807, 2.05) is 12.1 Å². The van der Waals surface area contributed by atoms with E-state index in [1.54, 1.807) is 0 Å². The van der Waals surface area contributed by atoms with Crippen LogP contribution in [0.1, 0.15) is 57.2 Å². The highest BCUT2D eigenvalue weighted by molar-refractivity contribution is 6.33. The highest BCUT2D eigenvalue weighted by Gasteiger charge is 2.32. The quantitative estimate of drug-likeness (QED) is 0.435. The maximum atomic E-state index is 12.6. The molecule has 2 heterocycles.